The monoisotopic (exact) mass is 323 g/mol. The molecule has 23 heavy (non-hydrogen) atoms. The fourth-order valence-electron chi connectivity index (χ4n) is 4.52. The third-order valence-electron chi connectivity index (χ3n) is 5.87. The van der Waals surface area contributed by atoms with Crippen molar-refractivity contribution in [2.24, 2.45) is 0 Å². The minimum atomic E-state index is 0.555. The zero-order valence-corrected chi connectivity index (χ0v) is 14.2. The molecule has 2 unspecified atom stereocenters. The summed E-state index contributed by atoms with van der Waals surface area (Å²) in [5.74, 6) is 0. The van der Waals surface area contributed by atoms with Crippen LogP contribution in [0.2, 0.25) is 0 Å². The fourth-order valence-corrected chi connectivity index (χ4v) is 5.18. The van der Waals surface area contributed by atoms with Crippen molar-refractivity contribution >= 4 is 22.2 Å². The third-order valence-corrected chi connectivity index (χ3v) is 6.56. The van der Waals surface area contributed by atoms with Crippen molar-refractivity contribution < 1.29 is 0 Å². The maximum absolute atomic E-state index is 4.76. The Balaban J connectivity index is 1.55. The largest absolute Gasteiger partial charge is 0.300 e. The minimum Gasteiger partial charge on any atom is -0.300 e. The van der Waals surface area contributed by atoms with E-state index in [4.69, 9.17) is 5.10 Å². The Hall–Kier alpha value is -1.65. The minimum absolute atomic E-state index is 0.555. The van der Waals surface area contributed by atoms with Crippen LogP contribution in [0, 0.1) is 0 Å². The van der Waals surface area contributed by atoms with Crippen molar-refractivity contribution in [2.45, 2.75) is 43.8 Å². The number of aromatic nitrogens is 2. The van der Waals surface area contributed by atoms with Crippen LogP contribution < -0.4 is 0 Å². The standard InChI is InChI=1S/C19H21N3S/c1-21-16-4-5-17(21)10-18(9-16)22-19-8-13(15-6-7-23-12-15)2-3-14(19)11-20-22/h2-3,6-8,11-12,16-18H,4-5,9-10H2,1H3. The number of rotatable bonds is 2. The van der Waals surface area contributed by atoms with Gasteiger partial charge in [0, 0.05) is 17.5 Å². The molecule has 2 atom stereocenters. The Morgan fingerprint density at radius 1 is 1.04 bits per heavy atom. The van der Waals surface area contributed by atoms with E-state index >= 15 is 0 Å². The highest BCUT2D eigenvalue weighted by atomic mass is 32.1. The lowest BCUT2D eigenvalue weighted by molar-refractivity contribution is 0.133. The van der Waals surface area contributed by atoms with E-state index < -0.39 is 0 Å². The van der Waals surface area contributed by atoms with Crippen LogP contribution in [0.5, 0.6) is 0 Å². The topological polar surface area (TPSA) is 21.1 Å². The molecule has 118 valence electrons. The molecule has 0 spiro atoms. The summed E-state index contributed by atoms with van der Waals surface area (Å²) in [6.45, 7) is 0. The molecule has 4 heteroatoms. The van der Waals surface area contributed by atoms with Crippen molar-refractivity contribution in [3.63, 3.8) is 0 Å². The Morgan fingerprint density at radius 3 is 2.61 bits per heavy atom. The van der Waals surface area contributed by atoms with Crippen LogP contribution in [-0.4, -0.2) is 33.8 Å². The van der Waals surface area contributed by atoms with Gasteiger partial charge in [-0.25, -0.2) is 0 Å². The van der Waals surface area contributed by atoms with Gasteiger partial charge in [-0.05, 0) is 66.8 Å². The Morgan fingerprint density at radius 2 is 1.87 bits per heavy atom. The van der Waals surface area contributed by atoms with Crippen molar-refractivity contribution in [2.75, 3.05) is 7.05 Å². The molecule has 0 radical (unpaired) electrons. The first-order valence-corrected chi connectivity index (χ1v) is 9.45. The number of benzene rings is 1. The van der Waals surface area contributed by atoms with Gasteiger partial charge in [-0.2, -0.15) is 16.4 Å². The summed E-state index contributed by atoms with van der Waals surface area (Å²) in [4.78, 5) is 2.60. The molecule has 5 rings (SSSR count). The van der Waals surface area contributed by atoms with Crippen LogP contribution in [0.25, 0.3) is 22.0 Å². The number of hydrogen-bond donors (Lipinski definition) is 0. The molecule has 0 amide bonds. The van der Waals surface area contributed by atoms with E-state index in [0.29, 0.717) is 6.04 Å². The molecule has 4 heterocycles. The first-order chi connectivity index (χ1) is 11.3. The van der Waals surface area contributed by atoms with E-state index in [9.17, 15) is 0 Å². The maximum Gasteiger partial charge on any atom is 0.0691 e. The molecule has 2 fully saturated rings. The van der Waals surface area contributed by atoms with Gasteiger partial charge in [0.05, 0.1) is 17.8 Å². The van der Waals surface area contributed by atoms with E-state index in [1.807, 2.05) is 6.20 Å². The summed E-state index contributed by atoms with van der Waals surface area (Å²) >= 11 is 1.76. The number of nitrogens with zero attached hydrogens (tertiary/aromatic N) is 3. The molecule has 3 aromatic rings. The summed E-state index contributed by atoms with van der Waals surface area (Å²) in [6.07, 6.45) is 7.24. The highest BCUT2D eigenvalue weighted by molar-refractivity contribution is 7.08. The molecule has 1 aromatic carbocycles. The summed E-state index contributed by atoms with van der Waals surface area (Å²) in [6, 6.07) is 11.0. The molecule has 2 aromatic heterocycles. The summed E-state index contributed by atoms with van der Waals surface area (Å²) in [5.41, 5.74) is 3.91. The highest BCUT2D eigenvalue weighted by Crippen LogP contribution is 2.40. The van der Waals surface area contributed by atoms with Crippen molar-refractivity contribution in [3.05, 3.63) is 41.2 Å². The average Bonchev–Trinajstić information content (AvgIpc) is 3.26. The summed E-state index contributed by atoms with van der Waals surface area (Å²) < 4.78 is 2.31. The lowest BCUT2D eigenvalue weighted by atomic mass is 9.98. The average molecular weight is 323 g/mol. The highest BCUT2D eigenvalue weighted by Gasteiger charge is 2.39. The van der Waals surface area contributed by atoms with Gasteiger partial charge in [0.25, 0.3) is 0 Å². The van der Waals surface area contributed by atoms with Crippen LogP contribution in [-0.2, 0) is 0 Å². The van der Waals surface area contributed by atoms with Crippen LogP contribution in [0.15, 0.2) is 41.2 Å². The first kappa shape index (κ1) is 13.8. The van der Waals surface area contributed by atoms with Crippen LogP contribution in [0.4, 0.5) is 0 Å². The fraction of sp³-hybridized carbons (Fsp3) is 0.421. The molecular formula is C19H21N3S. The van der Waals surface area contributed by atoms with E-state index in [2.05, 4.69) is 51.7 Å². The van der Waals surface area contributed by atoms with Gasteiger partial charge < -0.3 is 4.90 Å². The Labute approximate surface area is 140 Å². The molecule has 3 nitrogen and oxygen atoms in total. The molecule has 0 aliphatic carbocycles. The van der Waals surface area contributed by atoms with E-state index in [1.165, 1.54) is 47.7 Å². The predicted octanol–water partition coefficient (Wildman–Crippen LogP) is 4.56. The molecule has 2 saturated heterocycles. The molecular weight excluding hydrogens is 302 g/mol. The Kier molecular flexibility index (Phi) is 3.10. The van der Waals surface area contributed by atoms with Gasteiger partial charge in [0.1, 0.15) is 0 Å². The zero-order chi connectivity index (χ0) is 15.4. The zero-order valence-electron chi connectivity index (χ0n) is 13.4. The molecule has 0 N–H and O–H groups in total. The van der Waals surface area contributed by atoms with Gasteiger partial charge >= 0.3 is 0 Å². The second-order valence-corrected chi connectivity index (χ2v) is 7.83. The maximum atomic E-state index is 4.76. The van der Waals surface area contributed by atoms with Crippen molar-refractivity contribution in [3.8, 4) is 11.1 Å². The van der Waals surface area contributed by atoms with Crippen molar-refractivity contribution in [1.29, 1.82) is 0 Å². The lowest BCUT2D eigenvalue weighted by Gasteiger charge is -2.36. The molecule has 0 saturated carbocycles. The molecule has 2 aliphatic heterocycles. The van der Waals surface area contributed by atoms with Gasteiger partial charge in [-0.3, -0.25) is 4.68 Å². The van der Waals surface area contributed by atoms with E-state index in [0.717, 1.165) is 12.1 Å². The number of thiophene rings is 1. The van der Waals surface area contributed by atoms with Gasteiger partial charge in [-0.1, -0.05) is 12.1 Å². The second-order valence-electron chi connectivity index (χ2n) is 7.05. The first-order valence-electron chi connectivity index (χ1n) is 8.51. The van der Waals surface area contributed by atoms with Gasteiger partial charge in [0.2, 0.25) is 0 Å². The smallest absolute Gasteiger partial charge is 0.0691 e. The number of piperidine rings is 1. The van der Waals surface area contributed by atoms with Crippen LogP contribution in [0.1, 0.15) is 31.7 Å². The molecule has 2 bridgehead atoms. The van der Waals surface area contributed by atoms with E-state index in [-0.39, 0.29) is 0 Å². The Bertz CT molecular complexity index is 822. The molecule has 2 aliphatic rings. The lowest BCUT2D eigenvalue weighted by Crippen LogP contribution is -2.40. The predicted molar refractivity (Wildman–Crippen MR) is 95.9 cm³/mol. The summed E-state index contributed by atoms with van der Waals surface area (Å²) in [7, 11) is 2.30. The second kappa shape index (κ2) is 5.18. The SMILES string of the molecule is CN1C2CCC1CC(n1ncc3ccc(-c4ccsc4)cc31)C2. The van der Waals surface area contributed by atoms with E-state index in [1.54, 1.807) is 11.3 Å². The third kappa shape index (κ3) is 2.16. The number of hydrogen-bond acceptors (Lipinski definition) is 3. The van der Waals surface area contributed by atoms with Gasteiger partial charge in [0.15, 0.2) is 0 Å². The quantitative estimate of drug-likeness (QED) is 0.689. The summed E-state index contributed by atoms with van der Waals surface area (Å²) in [5, 5.41) is 10.4. The number of fused-ring (bicyclic) bond motifs is 3. The van der Waals surface area contributed by atoms with Crippen LogP contribution in [0.3, 0.4) is 0 Å². The van der Waals surface area contributed by atoms with Crippen LogP contribution >= 0.6 is 11.3 Å². The van der Waals surface area contributed by atoms with Crippen molar-refractivity contribution in [1.82, 2.24) is 14.7 Å². The van der Waals surface area contributed by atoms with Gasteiger partial charge in [-0.15, -0.1) is 0 Å². The normalized spacial score (nSPS) is 27.8.